The van der Waals surface area contributed by atoms with Gasteiger partial charge in [0, 0.05) is 26.3 Å². The van der Waals surface area contributed by atoms with Gasteiger partial charge in [-0.05, 0) is 31.6 Å². The van der Waals surface area contributed by atoms with Gasteiger partial charge >= 0.3 is 12.0 Å². The van der Waals surface area contributed by atoms with Crippen molar-refractivity contribution in [1.29, 1.82) is 0 Å². The third-order valence-electron chi connectivity index (χ3n) is 3.09. The van der Waals surface area contributed by atoms with Crippen LogP contribution < -0.4 is 10.6 Å². The van der Waals surface area contributed by atoms with Gasteiger partial charge in [-0.25, -0.2) is 4.79 Å². The fourth-order valence-electron chi connectivity index (χ4n) is 1.50. The summed E-state index contributed by atoms with van der Waals surface area (Å²) in [4.78, 5) is 21.9. The van der Waals surface area contributed by atoms with Gasteiger partial charge in [-0.1, -0.05) is 6.92 Å². The minimum absolute atomic E-state index is 0.250. The number of amides is 2. The van der Waals surface area contributed by atoms with Crippen molar-refractivity contribution in [2.75, 3.05) is 26.3 Å². The second kappa shape index (κ2) is 8.74. The molecule has 1 aliphatic rings. The van der Waals surface area contributed by atoms with E-state index < -0.39 is 11.9 Å². The van der Waals surface area contributed by atoms with Crippen LogP contribution in [0.1, 0.15) is 32.6 Å². The lowest BCUT2D eigenvalue weighted by Crippen LogP contribution is -2.37. The molecule has 6 nitrogen and oxygen atoms in total. The van der Waals surface area contributed by atoms with Gasteiger partial charge in [0.05, 0.1) is 5.92 Å². The van der Waals surface area contributed by atoms with Gasteiger partial charge in [-0.15, -0.1) is 0 Å². The molecular formula is C13H24N2O4. The van der Waals surface area contributed by atoms with E-state index in [0.29, 0.717) is 26.1 Å². The molecule has 19 heavy (non-hydrogen) atoms. The van der Waals surface area contributed by atoms with Crippen LogP contribution in [0.15, 0.2) is 0 Å². The molecule has 0 aromatic carbocycles. The van der Waals surface area contributed by atoms with E-state index in [1.807, 2.05) is 0 Å². The SMILES string of the molecule is CC(CCNC(=O)NCCCOCC1CC1)C(=O)O. The first kappa shape index (κ1) is 15.8. The Labute approximate surface area is 113 Å². The lowest BCUT2D eigenvalue weighted by atomic mass is 10.1. The van der Waals surface area contributed by atoms with E-state index >= 15 is 0 Å². The quantitative estimate of drug-likeness (QED) is 0.522. The van der Waals surface area contributed by atoms with Crippen LogP contribution in [-0.4, -0.2) is 43.4 Å². The lowest BCUT2D eigenvalue weighted by Gasteiger charge is -2.09. The summed E-state index contributed by atoms with van der Waals surface area (Å²) in [5.41, 5.74) is 0. The van der Waals surface area contributed by atoms with Crippen molar-refractivity contribution in [3.05, 3.63) is 0 Å². The van der Waals surface area contributed by atoms with Gasteiger partial charge in [-0.2, -0.15) is 0 Å². The maximum Gasteiger partial charge on any atom is 0.314 e. The molecule has 6 heteroatoms. The summed E-state index contributed by atoms with van der Waals surface area (Å²) in [6, 6.07) is -0.250. The van der Waals surface area contributed by atoms with Crippen molar-refractivity contribution in [3.63, 3.8) is 0 Å². The van der Waals surface area contributed by atoms with Crippen LogP contribution in [0, 0.1) is 11.8 Å². The number of urea groups is 1. The predicted molar refractivity (Wildman–Crippen MR) is 71.0 cm³/mol. The zero-order valence-electron chi connectivity index (χ0n) is 11.5. The second-order valence-corrected chi connectivity index (χ2v) is 5.08. The van der Waals surface area contributed by atoms with Crippen molar-refractivity contribution in [3.8, 4) is 0 Å². The summed E-state index contributed by atoms with van der Waals surface area (Å²) in [6.45, 7) is 4.09. The highest BCUT2D eigenvalue weighted by Gasteiger charge is 2.20. The first-order valence-electron chi connectivity index (χ1n) is 6.92. The summed E-state index contributed by atoms with van der Waals surface area (Å²) in [5.74, 6) is -0.501. The van der Waals surface area contributed by atoms with Gasteiger partial charge in [-0.3, -0.25) is 4.79 Å². The molecule has 0 aromatic rings. The molecule has 0 aliphatic heterocycles. The summed E-state index contributed by atoms with van der Waals surface area (Å²) in [6.07, 6.45) is 3.81. The Bertz CT molecular complexity index is 292. The molecule has 0 aromatic heterocycles. The number of carboxylic acids is 1. The Hall–Kier alpha value is -1.30. The zero-order valence-corrected chi connectivity index (χ0v) is 11.5. The number of carboxylic acid groups (broad SMARTS) is 1. The molecule has 1 aliphatic carbocycles. The number of ether oxygens (including phenoxy) is 1. The number of rotatable bonds is 10. The molecule has 0 radical (unpaired) electrons. The summed E-state index contributed by atoms with van der Waals surface area (Å²) >= 11 is 0. The molecule has 110 valence electrons. The van der Waals surface area contributed by atoms with Crippen LogP contribution in [0.3, 0.4) is 0 Å². The highest BCUT2D eigenvalue weighted by atomic mass is 16.5. The molecule has 1 unspecified atom stereocenters. The Balaban J connectivity index is 1.85. The summed E-state index contributed by atoms with van der Waals surface area (Å²) < 4.78 is 5.44. The second-order valence-electron chi connectivity index (χ2n) is 5.08. The smallest absolute Gasteiger partial charge is 0.314 e. The molecule has 0 spiro atoms. The normalized spacial score (nSPS) is 15.8. The average molecular weight is 272 g/mol. The number of hydrogen-bond acceptors (Lipinski definition) is 3. The van der Waals surface area contributed by atoms with Crippen LogP contribution in [0.2, 0.25) is 0 Å². The zero-order chi connectivity index (χ0) is 14.1. The monoisotopic (exact) mass is 272 g/mol. The Morgan fingerprint density at radius 3 is 2.63 bits per heavy atom. The van der Waals surface area contributed by atoms with E-state index in [1.54, 1.807) is 6.92 Å². The number of carbonyl (C=O) groups is 2. The molecule has 3 N–H and O–H groups in total. The minimum Gasteiger partial charge on any atom is -0.481 e. The average Bonchev–Trinajstić information content (AvgIpc) is 3.17. The Morgan fingerprint density at radius 1 is 1.32 bits per heavy atom. The van der Waals surface area contributed by atoms with Gasteiger partial charge in [0.2, 0.25) is 0 Å². The fourth-order valence-corrected chi connectivity index (χ4v) is 1.50. The molecule has 1 atom stereocenters. The minimum atomic E-state index is -0.838. The van der Waals surface area contributed by atoms with Crippen LogP contribution in [-0.2, 0) is 9.53 Å². The summed E-state index contributed by atoms with van der Waals surface area (Å²) in [5, 5.41) is 14.0. The standard InChI is InChI=1S/C13H24N2O4/c1-10(12(16)17)5-7-15-13(18)14-6-2-8-19-9-11-3-4-11/h10-11H,2-9H2,1H3,(H,16,17)(H2,14,15,18). The van der Waals surface area contributed by atoms with Gasteiger partial charge in [0.1, 0.15) is 0 Å². The van der Waals surface area contributed by atoms with Crippen LogP contribution in [0.25, 0.3) is 0 Å². The highest BCUT2D eigenvalue weighted by Crippen LogP contribution is 2.28. The number of hydrogen-bond donors (Lipinski definition) is 3. The fraction of sp³-hybridized carbons (Fsp3) is 0.846. The largest absolute Gasteiger partial charge is 0.481 e. The topological polar surface area (TPSA) is 87.7 Å². The van der Waals surface area contributed by atoms with Crippen molar-refractivity contribution < 1.29 is 19.4 Å². The molecule has 1 rings (SSSR count). The number of aliphatic carboxylic acids is 1. The van der Waals surface area contributed by atoms with Gasteiger partial charge in [0.25, 0.3) is 0 Å². The van der Waals surface area contributed by atoms with E-state index in [4.69, 9.17) is 9.84 Å². The third kappa shape index (κ3) is 8.42. The molecular weight excluding hydrogens is 248 g/mol. The number of nitrogens with one attached hydrogen (secondary N) is 2. The van der Waals surface area contributed by atoms with E-state index in [-0.39, 0.29) is 6.03 Å². The van der Waals surface area contributed by atoms with Crippen LogP contribution in [0.5, 0.6) is 0 Å². The van der Waals surface area contributed by atoms with Crippen molar-refractivity contribution >= 4 is 12.0 Å². The maximum absolute atomic E-state index is 11.3. The molecule has 0 bridgehead atoms. The summed E-state index contributed by atoms with van der Waals surface area (Å²) in [7, 11) is 0. The molecule has 0 saturated heterocycles. The van der Waals surface area contributed by atoms with E-state index in [2.05, 4.69) is 10.6 Å². The van der Waals surface area contributed by atoms with Crippen molar-refractivity contribution in [2.24, 2.45) is 11.8 Å². The van der Waals surface area contributed by atoms with Crippen LogP contribution in [0.4, 0.5) is 4.79 Å². The third-order valence-corrected chi connectivity index (χ3v) is 3.09. The van der Waals surface area contributed by atoms with Crippen molar-refractivity contribution in [2.45, 2.75) is 32.6 Å². The number of carbonyl (C=O) groups excluding carboxylic acids is 1. The molecule has 0 heterocycles. The Morgan fingerprint density at radius 2 is 2.00 bits per heavy atom. The lowest BCUT2D eigenvalue weighted by molar-refractivity contribution is -0.141. The molecule has 1 fully saturated rings. The molecule has 2 amide bonds. The maximum atomic E-state index is 11.3. The first-order chi connectivity index (χ1) is 9.09. The van der Waals surface area contributed by atoms with Gasteiger partial charge < -0.3 is 20.5 Å². The van der Waals surface area contributed by atoms with Crippen LogP contribution >= 0.6 is 0 Å². The highest BCUT2D eigenvalue weighted by molar-refractivity contribution is 5.74. The molecule has 1 saturated carbocycles. The van der Waals surface area contributed by atoms with E-state index in [0.717, 1.165) is 18.9 Å². The van der Waals surface area contributed by atoms with Crippen molar-refractivity contribution in [1.82, 2.24) is 10.6 Å². The predicted octanol–water partition coefficient (Wildman–Crippen LogP) is 1.21. The van der Waals surface area contributed by atoms with E-state index in [9.17, 15) is 9.59 Å². The first-order valence-corrected chi connectivity index (χ1v) is 6.92. The van der Waals surface area contributed by atoms with Gasteiger partial charge in [0.15, 0.2) is 0 Å². The van der Waals surface area contributed by atoms with E-state index in [1.165, 1.54) is 12.8 Å². The Kier molecular flexibility index (Phi) is 7.25.